The molecule has 0 fully saturated rings. The number of hydrogen-bond acceptors (Lipinski definition) is 8. The van der Waals surface area contributed by atoms with E-state index in [0.717, 1.165) is 28.9 Å². The smallest absolute Gasteiger partial charge is 0.343 e. The quantitative estimate of drug-likeness (QED) is 0.159. The van der Waals surface area contributed by atoms with E-state index in [4.69, 9.17) is 0 Å². The average molecular weight is 491 g/mol. The first kappa shape index (κ1) is 23.1. The number of phenolic OH excluding ortho intramolecular Hbond substituents is 1. The van der Waals surface area contributed by atoms with Crippen molar-refractivity contribution in [3.63, 3.8) is 0 Å². The summed E-state index contributed by atoms with van der Waals surface area (Å²) in [6, 6.07) is 6.17. The molecule has 0 radical (unpaired) electrons. The minimum atomic E-state index is -5.47. The number of phenols is 1. The van der Waals surface area contributed by atoms with Crippen LogP contribution in [0.1, 0.15) is 11.6 Å². The standard InChI is InChI=1S/C15H15N3O10P2S/c19-10-5-6-12-11(7-10)17(15(20)31-12)16-13(14(29(23,24)25)30(26,27)28)8-1-3-9(4-2-8)18(21)22/h1-7,13-14,16,19H,(H2,23,24,25)(H2,26,27,28). The van der Waals surface area contributed by atoms with Crippen LogP contribution >= 0.6 is 26.5 Å². The van der Waals surface area contributed by atoms with Crippen LogP contribution in [0.25, 0.3) is 10.2 Å². The topological polar surface area (TPSA) is 212 Å². The number of non-ortho nitro benzene ring substituents is 1. The van der Waals surface area contributed by atoms with Crippen LogP contribution in [-0.2, 0) is 9.13 Å². The van der Waals surface area contributed by atoms with Crippen molar-refractivity contribution in [3.05, 3.63) is 67.8 Å². The Bertz CT molecular complexity index is 1270. The summed E-state index contributed by atoms with van der Waals surface area (Å²) in [4.78, 5) is 60.7. The van der Waals surface area contributed by atoms with E-state index in [0.29, 0.717) is 16.0 Å². The lowest BCUT2D eigenvalue weighted by Gasteiger charge is -2.30. The molecule has 3 aromatic rings. The number of fused-ring (bicyclic) bond motifs is 1. The zero-order valence-electron chi connectivity index (χ0n) is 15.2. The molecule has 3 rings (SSSR count). The zero-order valence-corrected chi connectivity index (χ0v) is 17.8. The van der Waals surface area contributed by atoms with E-state index in [-0.39, 0.29) is 22.5 Å². The van der Waals surface area contributed by atoms with Gasteiger partial charge in [0.25, 0.3) is 5.69 Å². The molecule has 0 saturated heterocycles. The second-order valence-electron chi connectivity index (χ2n) is 6.40. The van der Waals surface area contributed by atoms with Gasteiger partial charge in [0.1, 0.15) is 5.75 Å². The van der Waals surface area contributed by atoms with Gasteiger partial charge < -0.3 is 30.1 Å². The Morgan fingerprint density at radius 3 is 2.13 bits per heavy atom. The molecule has 0 bridgehead atoms. The van der Waals surface area contributed by atoms with Crippen molar-refractivity contribution in [2.24, 2.45) is 0 Å². The first-order valence-corrected chi connectivity index (χ1v) is 12.4. The zero-order chi connectivity index (χ0) is 23.1. The van der Waals surface area contributed by atoms with Gasteiger partial charge in [-0.05, 0) is 17.7 Å². The van der Waals surface area contributed by atoms with E-state index < -0.39 is 36.4 Å². The molecule has 6 N–H and O–H groups in total. The highest BCUT2D eigenvalue weighted by Gasteiger charge is 2.50. The van der Waals surface area contributed by atoms with Gasteiger partial charge in [0.15, 0.2) is 5.40 Å². The van der Waals surface area contributed by atoms with Gasteiger partial charge in [-0.25, -0.2) is 4.68 Å². The number of nitro benzene ring substituents is 1. The third-order valence-corrected chi connectivity index (χ3v) is 8.98. The molecule has 0 aliphatic carbocycles. The number of hydrogen-bond donors (Lipinski definition) is 6. The molecule has 16 heteroatoms. The summed E-state index contributed by atoms with van der Waals surface area (Å²) in [6.07, 6.45) is 0. The van der Waals surface area contributed by atoms with Crippen LogP contribution < -0.4 is 10.3 Å². The molecule has 1 atom stereocenters. The molecule has 0 saturated carbocycles. The number of nitrogens with zero attached hydrogens (tertiary/aromatic N) is 2. The molecule has 0 aliphatic heterocycles. The van der Waals surface area contributed by atoms with E-state index in [9.17, 15) is 48.7 Å². The molecular weight excluding hydrogens is 476 g/mol. The molecule has 1 aromatic heterocycles. The first-order chi connectivity index (χ1) is 14.3. The van der Waals surface area contributed by atoms with Crippen molar-refractivity contribution in [1.82, 2.24) is 4.68 Å². The minimum absolute atomic E-state index is 0.0945. The third kappa shape index (κ3) is 4.86. The molecule has 0 aliphatic rings. The van der Waals surface area contributed by atoms with E-state index in [1.54, 1.807) is 0 Å². The van der Waals surface area contributed by atoms with Crippen molar-refractivity contribution < 1.29 is 38.7 Å². The second-order valence-corrected chi connectivity index (χ2v) is 11.3. The minimum Gasteiger partial charge on any atom is -0.508 e. The fourth-order valence-corrected chi connectivity index (χ4v) is 6.61. The Morgan fingerprint density at radius 2 is 1.61 bits per heavy atom. The van der Waals surface area contributed by atoms with Crippen molar-refractivity contribution in [1.29, 1.82) is 0 Å². The van der Waals surface area contributed by atoms with E-state index >= 15 is 0 Å². The summed E-state index contributed by atoms with van der Waals surface area (Å²) in [5.74, 6) is -0.228. The third-order valence-electron chi connectivity index (χ3n) is 4.28. The largest absolute Gasteiger partial charge is 0.508 e. The van der Waals surface area contributed by atoms with Gasteiger partial charge in [0, 0.05) is 18.2 Å². The molecule has 31 heavy (non-hydrogen) atoms. The van der Waals surface area contributed by atoms with Crippen LogP contribution in [0.4, 0.5) is 5.69 Å². The highest BCUT2D eigenvalue weighted by molar-refractivity contribution is 7.71. The summed E-state index contributed by atoms with van der Waals surface area (Å²) in [6.45, 7) is 0. The normalized spacial score (nSPS) is 13.5. The molecule has 1 heterocycles. The van der Waals surface area contributed by atoms with Gasteiger partial charge in [-0.3, -0.25) is 24.0 Å². The number of thiazole rings is 1. The lowest BCUT2D eigenvalue weighted by atomic mass is 10.1. The van der Waals surface area contributed by atoms with Gasteiger partial charge >= 0.3 is 20.1 Å². The first-order valence-electron chi connectivity index (χ1n) is 8.25. The van der Waals surface area contributed by atoms with E-state index in [2.05, 4.69) is 5.43 Å². The summed E-state index contributed by atoms with van der Waals surface area (Å²) in [5.41, 5.74) is 2.02. The fraction of sp³-hybridized carbons (Fsp3) is 0.133. The highest BCUT2D eigenvalue weighted by Crippen LogP contribution is 2.64. The predicted molar refractivity (Wildman–Crippen MR) is 111 cm³/mol. The van der Waals surface area contributed by atoms with Crippen LogP contribution in [0.3, 0.4) is 0 Å². The summed E-state index contributed by atoms with van der Waals surface area (Å²) in [7, 11) is -10.9. The van der Waals surface area contributed by atoms with Crippen LogP contribution in [0.2, 0.25) is 0 Å². The van der Waals surface area contributed by atoms with Crippen molar-refractivity contribution in [3.8, 4) is 5.75 Å². The Labute approximate surface area is 176 Å². The number of nitro groups is 1. The maximum Gasteiger partial charge on any atom is 0.343 e. The monoisotopic (exact) mass is 491 g/mol. The highest BCUT2D eigenvalue weighted by atomic mass is 32.1. The van der Waals surface area contributed by atoms with Crippen molar-refractivity contribution in [2.45, 2.75) is 11.4 Å². The lowest BCUT2D eigenvalue weighted by molar-refractivity contribution is -0.384. The summed E-state index contributed by atoms with van der Waals surface area (Å²) >= 11 is 0.714. The van der Waals surface area contributed by atoms with Crippen molar-refractivity contribution in [2.75, 3.05) is 5.43 Å². The number of benzene rings is 2. The Kier molecular flexibility index (Phi) is 6.09. The lowest BCUT2D eigenvalue weighted by Crippen LogP contribution is -2.35. The maximum absolute atomic E-state index is 12.4. The SMILES string of the molecule is O=c1sc2ccc(O)cc2n1NC(c1ccc([N+](=O)[O-])cc1)C(P(=O)(O)O)P(=O)(O)O. The van der Waals surface area contributed by atoms with Gasteiger partial charge in [-0.1, -0.05) is 23.5 Å². The molecule has 166 valence electrons. The van der Waals surface area contributed by atoms with Crippen LogP contribution in [0, 0.1) is 10.1 Å². The number of nitrogens with one attached hydrogen (secondary N) is 1. The summed E-state index contributed by atoms with van der Waals surface area (Å²) in [5, 5.41) is 18.0. The predicted octanol–water partition coefficient (Wildman–Crippen LogP) is 1.64. The maximum atomic E-state index is 12.4. The van der Waals surface area contributed by atoms with Crippen LogP contribution in [0.5, 0.6) is 5.75 Å². The van der Waals surface area contributed by atoms with Crippen LogP contribution in [-0.4, -0.2) is 39.7 Å². The van der Waals surface area contributed by atoms with Gasteiger partial charge in [0.2, 0.25) is 0 Å². The van der Waals surface area contributed by atoms with Gasteiger partial charge in [-0.15, -0.1) is 0 Å². The van der Waals surface area contributed by atoms with Crippen molar-refractivity contribution >= 4 is 42.4 Å². The Hall–Kier alpha value is -2.57. The second kappa shape index (κ2) is 8.17. The number of aromatic hydroxyl groups is 1. The molecular formula is C15H15N3O10P2S. The average Bonchev–Trinajstić information content (AvgIpc) is 2.94. The van der Waals surface area contributed by atoms with E-state index in [1.807, 2.05) is 0 Å². The number of aromatic nitrogens is 1. The summed E-state index contributed by atoms with van der Waals surface area (Å²) < 4.78 is 25.2. The fourth-order valence-electron chi connectivity index (χ4n) is 2.97. The van der Waals surface area contributed by atoms with Gasteiger partial charge in [-0.2, -0.15) is 0 Å². The molecule has 1 unspecified atom stereocenters. The molecule has 0 spiro atoms. The Morgan fingerprint density at radius 1 is 1.03 bits per heavy atom. The van der Waals surface area contributed by atoms with Crippen LogP contribution in [0.15, 0.2) is 47.3 Å². The van der Waals surface area contributed by atoms with E-state index in [1.165, 1.54) is 18.2 Å². The Balaban J connectivity index is 2.21. The molecule has 13 nitrogen and oxygen atoms in total. The number of rotatable bonds is 7. The molecule has 2 aromatic carbocycles. The molecule has 0 amide bonds. The van der Waals surface area contributed by atoms with Gasteiger partial charge in [0.05, 0.1) is 21.2 Å².